The van der Waals surface area contributed by atoms with Crippen LogP contribution in [0, 0.1) is 6.92 Å². The minimum atomic E-state index is -0.100. The van der Waals surface area contributed by atoms with E-state index in [1.807, 2.05) is 18.3 Å². The number of ketones is 1. The van der Waals surface area contributed by atoms with E-state index in [1.54, 1.807) is 4.68 Å². The van der Waals surface area contributed by atoms with Crippen LogP contribution in [-0.4, -0.2) is 20.8 Å². The molecule has 1 heterocycles. The molecular weight excluding hydrogens is 226 g/mol. The standard InChI is InChI=1S/C14H15N3O/c1-10-5-7-11(8-6-10)12-9-17(16-15-12)13-3-2-4-14(13)18/h5-9,13H,2-4H2,1H3. The molecule has 0 radical (unpaired) electrons. The Kier molecular flexibility index (Phi) is 2.70. The summed E-state index contributed by atoms with van der Waals surface area (Å²) < 4.78 is 1.71. The van der Waals surface area contributed by atoms with E-state index in [9.17, 15) is 4.79 Å². The zero-order valence-corrected chi connectivity index (χ0v) is 10.3. The molecule has 1 aliphatic rings. The van der Waals surface area contributed by atoms with E-state index in [1.165, 1.54) is 5.56 Å². The van der Waals surface area contributed by atoms with Crippen molar-refractivity contribution >= 4 is 5.78 Å². The van der Waals surface area contributed by atoms with Crippen LogP contribution >= 0.6 is 0 Å². The van der Waals surface area contributed by atoms with Crippen molar-refractivity contribution in [1.29, 1.82) is 0 Å². The fraction of sp³-hybridized carbons (Fsp3) is 0.357. The van der Waals surface area contributed by atoms with Crippen LogP contribution in [0.2, 0.25) is 0 Å². The van der Waals surface area contributed by atoms with Crippen molar-refractivity contribution in [2.45, 2.75) is 32.2 Å². The van der Waals surface area contributed by atoms with Gasteiger partial charge in [0.05, 0.1) is 6.20 Å². The molecule has 1 aromatic heterocycles. The van der Waals surface area contributed by atoms with Crippen molar-refractivity contribution in [2.24, 2.45) is 0 Å². The van der Waals surface area contributed by atoms with Crippen LogP contribution in [0.15, 0.2) is 30.5 Å². The molecule has 0 bridgehead atoms. The van der Waals surface area contributed by atoms with Gasteiger partial charge in [-0.1, -0.05) is 35.0 Å². The van der Waals surface area contributed by atoms with Gasteiger partial charge in [0.2, 0.25) is 0 Å². The highest BCUT2D eigenvalue weighted by Gasteiger charge is 2.27. The Morgan fingerprint density at radius 1 is 1.28 bits per heavy atom. The molecule has 18 heavy (non-hydrogen) atoms. The number of benzene rings is 1. The number of aromatic nitrogens is 3. The summed E-state index contributed by atoms with van der Waals surface area (Å²) in [4.78, 5) is 11.7. The second-order valence-corrected chi connectivity index (χ2v) is 4.82. The molecule has 4 heteroatoms. The van der Waals surface area contributed by atoms with Crippen LogP contribution in [0.4, 0.5) is 0 Å². The predicted octanol–water partition coefficient (Wildman–Crippen LogP) is 2.55. The van der Waals surface area contributed by atoms with Crippen molar-refractivity contribution in [2.75, 3.05) is 0 Å². The average molecular weight is 241 g/mol. The molecule has 1 atom stereocenters. The third-order valence-electron chi connectivity index (χ3n) is 3.45. The molecule has 92 valence electrons. The van der Waals surface area contributed by atoms with Crippen molar-refractivity contribution in [1.82, 2.24) is 15.0 Å². The van der Waals surface area contributed by atoms with Gasteiger partial charge in [0, 0.05) is 12.0 Å². The van der Waals surface area contributed by atoms with Gasteiger partial charge in [-0.2, -0.15) is 0 Å². The minimum Gasteiger partial charge on any atom is -0.297 e. The topological polar surface area (TPSA) is 47.8 Å². The lowest BCUT2D eigenvalue weighted by Gasteiger charge is -2.05. The number of rotatable bonds is 2. The van der Waals surface area contributed by atoms with Crippen molar-refractivity contribution in [3.8, 4) is 11.3 Å². The number of Topliss-reactive ketones (excluding diaryl/α,β-unsaturated/α-hetero) is 1. The van der Waals surface area contributed by atoms with Crippen LogP contribution in [0.5, 0.6) is 0 Å². The second kappa shape index (κ2) is 4.37. The fourth-order valence-electron chi connectivity index (χ4n) is 2.36. The maximum Gasteiger partial charge on any atom is 0.157 e. The number of hydrogen-bond donors (Lipinski definition) is 0. The molecule has 1 fully saturated rings. The van der Waals surface area contributed by atoms with Crippen molar-refractivity contribution in [3.63, 3.8) is 0 Å². The SMILES string of the molecule is Cc1ccc(-c2cn(C3CCCC3=O)nn2)cc1. The summed E-state index contributed by atoms with van der Waals surface area (Å²) in [5, 5.41) is 8.25. The summed E-state index contributed by atoms with van der Waals surface area (Å²) in [5.74, 6) is 0.273. The Hall–Kier alpha value is -1.97. The van der Waals surface area contributed by atoms with Crippen LogP contribution in [0.1, 0.15) is 30.9 Å². The smallest absolute Gasteiger partial charge is 0.157 e. The molecule has 0 aliphatic heterocycles. The molecule has 1 aromatic carbocycles. The molecule has 2 aromatic rings. The summed E-state index contributed by atoms with van der Waals surface area (Å²) in [6.45, 7) is 2.05. The monoisotopic (exact) mass is 241 g/mol. The van der Waals surface area contributed by atoms with E-state index in [0.717, 1.165) is 24.1 Å². The molecule has 0 saturated heterocycles. The van der Waals surface area contributed by atoms with Gasteiger partial charge in [-0.15, -0.1) is 5.10 Å². The molecule has 0 N–H and O–H groups in total. The highest BCUT2D eigenvalue weighted by atomic mass is 16.1. The first-order valence-corrected chi connectivity index (χ1v) is 6.25. The second-order valence-electron chi connectivity index (χ2n) is 4.82. The molecule has 1 saturated carbocycles. The summed E-state index contributed by atoms with van der Waals surface area (Å²) in [5.41, 5.74) is 3.09. The van der Waals surface area contributed by atoms with Gasteiger partial charge in [-0.3, -0.25) is 4.79 Å². The lowest BCUT2D eigenvalue weighted by atomic mass is 10.1. The Morgan fingerprint density at radius 2 is 2.06 bits per heavy atom. The average Bonchev–Trinajstić information content (AvgIpc) is 2.98. The van der Waals surface area contributed by atoms with Gasteiger partial charge in [-0.25, -0.2) is 4.68 Å². The molecule has 0 spiro atoms. The van der Waals surface area contributed by atoms with Gasteiger partial charge >= 0.3 is 0 Å². The highest BCUT2D eigenvalue weighted by molar-refractivity contribution is 5.84. The van der Waals surface area contributed by atoms with Gasteiger partial charge in [0.15, 0.2) is 5.78 Å². The first-order valence-electron chi connectivity index (χ1n) is 6.25. The molecule has 0 amide bonds. The minimum absolute atomic E-state index is 0.100. The van der Waals surface area contributed by atoms with Gasteiger partial charge in [-0.05, 0) is 19.8 Å². The van der Waals surface area contributed by atoms with E-state index in [2.05, 4.69) is 29.4 Å². The number of nitrogens with zero attached hydrogens (tertiary/aromatic N) is 3. The summed E-state index contributed by atoms with van der Waals surface area (Å²) in [6, 6.07) is 8.06. The molecule has 1 unspecified atom stereocenters. The quantitative estimate of drug-likeness (QED) is 0.811. The Balaban J connectivity index is 1.89. The summed E-state index contributed by atoms with van der Waals surface area (Å²) in [6.07, 6.45) is 4.39. The van der Waals surface area contributed by atoms with Crippen LogP contribution in [-0.2, 0) is 4.79 Å². The van der Waals surface area contributed by atoms with Gasteiger partial charge < -0.3 is 0 Å². The number of carbonyl (C=O) groups is 1. The first-order chi connectivity index (χ1) is 8.74. The number of aryl methyl sites for hydroxylation is 1. The highest BCUT2D eigenvalue weighted by Crippen LogP contribution is 2.26. The van der Waals surface area contributed by atoms with E-state index >= 15 is 0 Å². The lowest BCUT2D eigenvalue weighted by Crippen LogP contribution is -2.13. The Labute approximate surface area is 106 Å². The molecule has 4 nitrogen and oxygen atoms in total. The summed E-state index contributed by atoms with van der Waals surface area (Å²) in [7, 11) is 0. The zero-order chi connectivity index (χ0) is 12.5. The van der Waals surface area contributed by atoms with Crippen LogP contribution in [0.3, 0.4) is 0 Å². The lowest BCUT2D eigenvalue weighted by molar-refractivity contribution is -0.120. The van der Waals surface area contributed by atoms with E-state index in [0.29, 0.717) is 6.42 Å². The number of hydrogen-bond acceptors (Lipinski definition) is 3. The van der Waals surface area contributed by atoms with E-state index in [4.69, 9.17) is 0 Å². The molecular formula is C14H15N3O. The van der Waals surface area contributed by atoms with Gasteiger partial charge in [0.1, 0.15) is 11.7 Å². The Morgan fingerprint density at radius 3 is 2.72 bits per heavy atom. The van der Waals surface area contributed by atoms with Crippen LogP contribution in [0.25, 0.3) is 11.3 Å². The normalized spacial score (nSPS) is 19.4. The van der Waals surface area contributed by atoms with E-state index < -0.39 is 0 Å². The number of carbonyl (C=O) groups excluding carboxylic acids is 1. The molecule has 1 aliphatic carbocycles. The third kappa shape index (κ3) is 1.94. The predicted molar refractivity (Wildman–Crippen MR) is 68.1 cm³/mol. The summed E-state index contributed by atoms with van der Waals surface area (Å²) >= 11 is 0. The van der Waals surface area contributed by atoms with Crippen molar-refractivity contribution in [3.05, 3.63) is 36.0 Å². The zero-order valence-electron chi connectivity index (χ0n) is 10.3. The molecule has 3 rings (SSSR count). The largest absolute Gasteiger partial charge is 0.297 e. The maximum atomic E-state index is 11.7. The van der Waals surface area contributed by atoms with E-state index in [-0.39, 0.29) is 11.8 Å². The maximum absolute atomic E-state index is 11.7. The third-order valence-corrected chi connectivity index (χ3v) is 3.45. The fourth-order valence-corrected chi connectivity index (χ4v) is 2.36. The Bertz CT molecular complexity index is 571. The van der Waals surface area contributed by atoms with Gasteiger partial charge in [0.25, 0.3) is 0 Å². The van der Waals surface area contributed by atoms with Crippen molar-refractivity contribution < 1.29 is 4.79 Å². The van der Waals surface area contributed by atoms with Crippen LogP contribution < -0.4 is 0 Å². The first kappa shape index (κ1) is 11.1.